The number of rotatable bonds is 4. The summed E-state index contributed by atoms with van der Waals surface area (Å²) in [5.74, 6) is 0.0556. The summed E-state index contributed by atoms with van der Waals surface area (Å²) in [7, 11) is 0. The minimum Gasteiger partial charge on any atom is -0.478 e. The fourth-order valence-corrected chi connectivity index (χ4v) is 1.85. The van der Waals surface area contributed by atoms with Crippen molar-refractivity contribution in [3.8, 4) is 0 Å². The molecule has 0 aromatic carbocycles. The van der Waals surface area contributed by atoms with Gasteiger partial charge in [-0.3, -0.25) is 0 Å². The van der Waals surface area contributed by atoms with E-state index in [1.54, 1.807) is 0 Å². The Kier molecular flexibility index (Phi) is 3.71. The van der Waals surface area contributed by atoms with Crippen LogP contribution >= 0.6 is 11.6 Å². The monoisotopic (exact) mass is 281 g/mol. The smallest absolute Gasteiger partial charge is 0.335 e. The lowest BCUT2D eigenvalue weighted by Crippen LogP contribution is -2.05. The molecule has 0 amide bonds. The molecule has 2 N–H and O–H groups in total. The van der Waals surface area contributed by atoms with Gasteiger partial charge < -0.3 is 14.9 Å². The van der Waals surface area contributed by atoms with E-state index in [4.69, 9.17) is 21.2 Å². The number of carboxylic acids is 1. The van der Waals surface area contributed by atoms with Crippen molar-refractivity contribution < 1.29 is 14.4 Å². The molecule has 6 nitrogen and oxygen atoms in total. The van der Waals surface area contributed by atoms with Crippen LogP contribution in [-0.2, 0) is 6.54 Å². The topological polar surface area (TPSA) is 88.2 Å². The number of halogens is 1. The molecule has 0 spiro atoms. The molecule has 19 heavy (non-hydrogen) atoms. The molecule has 0 aliphatic carbocycles. The van der Waals surface area contributed by atoms with Gasteiger partial charge in [0.05, 0.1) is 11.3 Å². The maximum absolute atomic E-state index is 10.9. The Bertz CT molecular complexity index is 605. The van der Waals surface area contributed by atoms with Crippen LogP contribution < -0.4 is 5.32 Å². The zero-order valence-corrected chi connectivity index (χ0v) is 11.2. The summed E-state index contributed by atoms with van der Waals surface area (Å²) in [4.78, 5) is 14.9. The van der Waals surface area contributed by atoms with Crippen LogP contribution in [0.15, 0.2) is 16.7 Å². The SMILES string of the molecule is Cc1noc(C)c1CNc1cc(C(=O)O)cc(Cl)n1. The summed E-state index contributed by atoms with van der Waals surface area (Å²) in [6.45, 7) is 4.08. The molecule has 0 fully saturated rings. The average molecular weight is 282 g/mol. The highest BCUT2D eigenvalue weighted by molar-refractivity contribution is 6.29. The molecule has 0 saturated heterocycles. The fraction of sp³-hybridized carbons (Fsp3) is 0.250. The van der Waals surface area contributed by atoms with Crippen LogP contribution in [0.3, 0.4) is 0 Å². The van der Waals surface area contributed by atoms with Crippen molar-refractivity contribution in [3.63, 3.8) is 0 Å². The highest BCUT2D eigenvalue weighted by Gasteiger charge is 2.11. The van der Waals surface area contributed by atoms with Gasteiger partial charge in [0.1, 0.15) is 16.7 Å². The van der Waals surface area contributed by atoms with E-state index in [9.17, 15) is 4.79 Å². The molecule has 100 valence electrons. The van der Waals surface area contributed by atoms with E-state index in [-0.39, 0.29) is 10.7 Å². The van der Waals surface area contributed by atoms with Gasteiger partial charge in [0.2, 0.25) is 0 Å². The van der Waals surface area contributed by atoms with Gasteiger partial charge in [-0.2, -0.15) is 0 Å². The lowest BCUT2D eigenvalue weighted by atomic mass is 10.2. The third kappa shape index (κ3) is 3.03. The number of nitrogens with one attached hydrogen (secondary N) is 1. The summed E-state index contributed by atoms with van der Waals surface area (Å²) in [5.41, 5.74) is 1.78. The van der Waals surface area contributed by atoms with Crippen LogP contribution in [0.4, 0.5) is 5.82 Å². The van der Waals surface area contributed by atoms with Gasteiger partial charge in [-0.1, -0.05) is 16.8 Å². The summed E-state index contributed by atoms with van der Waals surface area (Å²) in [6.07, 6.45) is 0. The molecule has 0 saturated carbocycles. The van der Waals surface area contributed by atoms with Crippen molar-refractivity contribution in [1.29, 1.82) is 0 Å². The first-order chi connectivity index (χ1) is 8.97. The second kappa shape index (κ2) is 5.27. The maximum atomic E-state index is 10.9. The molecule has 2 aromatic heterocycles. The zero-order chi connectivity index (χ0) is 14.0. The van der Waals surface area contributed by atoms with Crippen molar-refractivity contribution in [2.45, 2.75) is 20.4 Å². The molecule has 0 aliphatic rings. The molecular formula is C12H12ClN3O3. The van der Waals surface area contributed by atoms with E-state index >= 15 is 0 Å². The number of carboxylic acid groups (broad SMARTS) is 1. The minimum atomic E-state index is -1.05. The summed E-state index contributed by atoms with van der Waals surface area (Å²) < 4.78 is 5.04. The van der Waals surface area contributed by atoms with Gasteiger partial charge in [0.15, 0.2) is 0 Å². The lowest BCUT2D eigenvalue weighted by Gasteiger charge is -2.06. The van der Waals surface area contributed by atoms with Crippen molar-refractivity contribution in [2.75, 3.05) is 5.32 Å². The van der Waals surface area contributed by atoms with Crippen LogP contribution in [0, 0.1) is 13.8 Å². The van der Waals surface area contributed by atoms with E-state index in [2.05, 4.69) is 15.5 Å². The highest BCUT2D eigenvalue weighted by atomic mass is 35.5. The average Bonchev–Trinajstić information content (AvgIpc) is 2.66. The van der Waals surface area contributed by atoms with Gasteiger partial charge >= 0.3 is 5.97 Å². The fourth-order valence-electron chi connectivity index (χ4n) is 1.64. The number of hydrogen-bond acceptors (Lipinski definition) is 5. The summed E-state index contributed by atoms with van der Waals surface area (Å²) in [5, 5.41) is 15.9. The molecule has 0 aliphatic heterocycles. The number of aromatic carboxylic acids is 1. The number of aryl methyl sites for hydroxylation is 2. The molecule has 0 atom stereocenters. The van der Waals surface area contributed by atoms with Gasteiger partial charge in [0.25, 0.3) is 0 Å². The number of carbonyl (C=O) groups is 1. The van der Waals surface area contributed by atoms with Crippen molar-refractivity contribution in [3.05, 3.63) is 39.9 Å². The Morgan fingerprint density at radius 2 is 2.21 bits per heavy atom. The Hall–Kier alpha value is -2.08. The second-order valence-electron chi connectivity index (χ2n) is 4.03. The molecular weight excluding hydrogens is 270 g/mol. The maximum Gasteiger partial charge on any atom is 0.335 e. The zero-order valence-electron chi connectivity index (χ0n) is 10.4. The molecule has 2 heterocycles. The first-order valence-electron chi connectivity index (χ1n) is 5.54. The molecule has 0 bridgehead atoms. The third-order valence-corrected chi connectivity index (χ3v) is 2.86. The Morgan fingerprint density at radius 1 is 1.47 bits per heavy atom. The molecule has 2 rings (SSSR count). The highest BCUT2D eigenvalue weighted by Crippen LogP contribution is 2.17. The predicted octanol–water partition coefficient (Wildman–Crippen LogP) is 2.65. The van der Waals surface area contributed by atoms with Gasteiger partial charge in [-0.25, -0.2) is 9.78 Å². The largest absolute Gasteiger partial charge is 0.478 e. The van der Waals surface area contributed by atoms with E-state index in [0.717, 1.165) is 11.3 Å². The minimum absolute atomic E-state index is 0.0845. The van der Waals surface area contributed by atoms with Crippen molar-refractivity contribution >= 4 is 23.4 Å². The number of anilines is 1. The summed E-state index contributed by atoms with van der Waals surface area (Å²) >= 11 is 5.77. The van der Waals surface area contributed by atoms with Gasteiger partial charge in [-0.05, 0) is 26.0 Å². The quantitative estimate of drug-likeness (QED) is 0.838. The van der Waals surface area contributed by atoms with Crippen LogP contribution in [0.5, 0.6) is 0 Å². The number of pyridine rings is 1. The number of aromatic nitrogens is 2. The standard InChI is InChI=1S/C12H12ClN3O3/c1-6-9(7(2)19-16-6)5-14-11-4-8(12(17)18)3-10(13)15-11/h3-4H,5H2,1-2H3,(H,14,15)(H,17,18). The molecule has 2 aromatic rings. The third-order valence-electron chi connectivity index (χ3n) is 2.67. The lowest BCUT2D eigenvalue weighted by molar-refractivity contribution is 0.0697. The number of nitrogens with zero attached hydrogens (tertiary/aromatic N) is 2. The van der Waals surface area contributed by atoms with Crippen LogP contribution in [-0.4, -0.2) is 21.2 Å². The Morgan fingerprint density at radius 3 is 2.79 bits per heavy atom. The van der Waals surface area contributed by atoms with Crippen LogP contribution in [0.25, 0.3) is 0 Å². The van der Waals surface area contributed by atoms with E-state index < -0.39 is 5.97 Å². The van der Waals surface area contributed by atoms with Crippen LogP contribution in [0.1, 0.15) is 27.4 Å². The van der Waals surface area contributed by atoms with Crippen molar-refractivity contribution in [2.24, 2.45) is 0 Å². The Labute approximate surface area is 114 Å². The second-order valence-corrected chi connectivity index (χ2v) is 4.41. The van der Waals surface area contributed by atoms with Crippen molar-refractivity contribution in [1.82, 2.24) is 10.1 Å². The van der Waals surface area contributed by atoms with E-state index in [1.807, 2.05) is 13.8 Å². The van der Waals surface area contributed by atoms with Crippen LogP contribution in [0.2, 0.25) is 5.15 Å². The van der Waals surface area contributed by atoms with Gasteiger partial charge in [-0.15, -0.1) is 0 Å². The molecule has 7 heteroatoms. The number of hydrogen-bond donors (Lipinski definition) is 2. The van der Waals surface area contributed by atoms with E-state index in [0.29, 0.717) is 18.1 Å². The first-order valence-corrected chi connectivity index (χ1v) is 5.91. The summed E-state index contributed by atoms with van der Waals surface area (Å²) in [6, 6.07) is 2.72. The molecule has 0 unspecified atom stereocenters. The first kappa shape index (κ1) is 13.4. The van der Waals surface area contributed by atoms with Gasteiger partial charge in [0, 0.05) is 12.1 Å². The normalized spacial score (nSPS) is 10.5. The predicted molar refractivity (Wildman–Crippen MR) is 69.5 cm³/mol. The van der Waals surface area contributed by atoms with E-state index in [1.165, 1.54) is 12.1 Å². The Balaban J connectivity index is 2.18. The molecule has 0 radical (unpaired) electrons.